The lowest BCUT2D eigenvalue weighted by atomic mass is 10.2. The van der Waals surface area contributed by atoms with Crippen LogP contribution in [0.25, 0.3) is 11.5 Å². The minimum absolute atomic E-state index is 0.0121. The molecule has 1 N–H and O–H groups in total. The minimum Gasteiger partial charge on any atom is -0.497 e. The monoisotopic (exact) mass is 431 g/mol. The van der Waals surface area contributed by atoms with Gasteiger partial charge in [0, 0.05) is 6.42 Å². The second kappa shape index (κ2) is 9.40. The molecular weight excluding hydrogens is 410 g/mol. The molecule has 0 aliphatic rings. The van der Waals surface area contributed by atoms with Gasteiger partial charge in [0.25, 0.3) is 5.89 Å². The Labute approximate surface area is 174 Å². The molecule has 158 valence electrons. The summed E-state index contributed by atoms with van der Waals surface area (Å²) in [6.07, 6.45) is 0.134. The number of anilines is 1. The first-order valence-electron chi connectivity index (χ1n) is 9.06. The molecule has 0 spiro atoms. The molecule has 0 radical (unpaired) electrons. The summed E-state index contributed by atoms with van der Waals surface area (Å²) in [5.41, 5.74) is 0.596. The lowest BCUT2D eigenvalue weighted by Gasteiger charge is -2.06. The van der Waals surface area contributed by atoms with Gasteiger partial charge < -0.3 is 13.9 Å². The number of hydrogen-bond donors (Lipinski definition) is 1. The van der Waals surface area contributed by atoms with Crippen molar-refractivity contribution in [2.75, 3.05) is 25.3 Å². The predicted molar refractivity (Wildman–Crippen MR) is 109 cm³/mol. The summed E-state index contributed by atoms with van der Waals surface area (Å²) >= 11 is 0. The average molecular weight is 431 g/mol. The van der Waals surface area contributed by atoms with Crippen molar-refractivity contribution in [2.24, 2.45) is 0 Å². The van der Waals surface area contributed by atoms with Crippen LogP contribution in [0.2, 0.25) is 0 Å². The van der Waals surface area contributed by atoms with E-state index in [0.717, 1.165) is 0 Å². The summed E-state index contributed by atoms with van der Waals surface area (Å²) in [6, 6.07) is 13.1. The molecule has 3 rings (SSSR count). The van der Waals surface area contributed by atoms with Gasteiger partial charge in [-0.25, -0.2) is 8.42 Å². The van der Waals surface area contributed by atoms with Crippen LogP contribution in [0.15, 0.2) is 57.8 Å². The van der Waals surface area contributed by atoms with E-state index in [9.17, 15) is 13.2 Å². The molecular formula is C20H21N3O6S. The van der Waals surface area contributed by atoms with E-state index in [2.05, 4.69) is 15.5 Å². The fourth-order valence-electron chi connectivity index (χ4n) is 2.71. The molecule has 3 aromatic rings. The quantitative estimate of drug-likeness (QED) is 0.549. The lowest BCUT2D eigenvalue weighted by Crippen LogP contribution is -2.14. The van der Waals surface area contributed by atoms with Gasteiger partial charge in [-0.05, 0) is 42.8 Å². The van der Waals surface area contributed by atoms with E-state index in [4.69, 9.17) is 13.9 Å². The summed E-state index contributed by atoms with van der Waals surface area (Å²) in [4.78, 5) is 12.3. The largest absolute Gasteiger partial charge is 0.497 e. The van der Waals surface area contributed by atoms with E-state index in [1.165, 1.54) is 26.4 Å². The van der Waals surface area contributed by atoms with Gasteiger partial charge in [0.05, 0.1) is 30.4 Å². The van der Waals surface area contributed by atoms with Crippen LogP contribution in [0.5, 0.6) is 11.5 Å². The van der Waals surface area contributed by atoms with E-state index >= 15 is 0 Å². The molecule has 1 heterocycles. The van der Waals surface area contributed by atoms with E-state index < -0.39 is 15.7 Å². The van der Waals surface area contributed by atoms with Crippen LogP contribution >= 0.6 is 0 Å². The summed E-state index contributed by atoms with van der Waals surface area (Å²) < 4.78 is 40.5. The highest BCUT2D eigenvalue weighted by molar-refractivity contribution is 7.91. The third kappa shape index (κ3) is 5.15. The SMILES string of the molecule is COc1ccc(S(=O)(=O)CCCC(=O)Nc2nnc(-c3ccccc3OC)o2)cc1. The smallest absolute Gasteiger partial charge is 0.322 e. The van der Waals surface area contributed by atoms with Crippen LogP contribution in [0.3, 0.4) is 0 Å². The van der Waals surface area contributed by atoms with Gasteiger partial charge in [0.1, 0.15) is 11.5 Å². The first-order valence-corrected chi connectivity index (χ1v) is 10.7. The Morgan fingerprint density at radius 1 is 1.03 bits per heavy atom. The molecule has 0 saturated heterocycles. The van der Waals surface area contributed by atoms with E-state index in [1.54, 1.807) is 36.4 Å². The van der Waals surface area contributed by atoms with E-state index in [1.807, 2.05) is 0 Å². The number of aromatic nitrogens is 2. The van der Waals surface area contributed by atoms with Crippen molar-refractivity contribution in [2.45, 2.75) is 17.7 Å². The van der Waals surface area contributed by atoms with Crippen molar-refractivity contribution in [3.63, 3.8) is 0 Å². The van der Waals surface area contributed by atoms with Gasteiger partial charge in [-0.3, -0.25) is 10.1 Å². The maximum absolute atomic E-state index is 12.4. The van der Waals surface area contributed by atoms with Crippen molar-refractivity contribution in [1.82, 2.24) is 10.2 Å². The fourth-order valence-corrected chi connectivity index (χ4v) is 4.02. The highest BCUT2D eigenvalue weighted by atomic mass is 32.2. The lowest BCUT2D eigenvalue weighted by molar-refractivity contribution is -0.116. The number of amides is 1. The number of rotatable bonds is 9. The van der Waals surface area contributed by atoms with Crippen LogP contribution in [0.1, 0.15) is 12.8 Å². The maximum Gasteiger partial charge on any atom is 0.322 e. The Bertz CT molecular complexity index is 1110. The number of sulfone groups is 1. The Balaban J connectivity index is 1.54. The standard InChI is InChI=1S/C20H21N3O6S/c1-27-14-9-11-15(12-10-14)30(25,26)13-5-8-18(24)21-20-23-22-19(29-20)16-6-3-4-7-17(16)28-2/h3-4,6-7,9-12H,5,8,13H2,1-2H3,(H,21,23,24). The number of methoxy groups -OCH3 is 2. The molecule has 0 fully saturated rings. The minimum atomic E-state index is -3.49. The number of nitrogens with one attached hydrogen (secondary N) is 1. The number of hydrogen-bond acceptors (Lipinski definition) is 8. The Morgan fingerprint density at radius 2 is 1.77 bits per heavy atom. The maximum atomic E-state index is 12.4. The molecule has 9 nitrogen and oxygen atoms in total. The van der Waals surface area contributed by atoms with Gasteiger partial charge in [0.15, 0.2) is 9.84 Å². The molecule has 10 heteroatoms. The average Bonchev–Trinajstić information content (AvgIpc) is 3.21. The van der Waals surface area contributed by atoms with Crippen molar-refractivity contribution in [1.29, 1.82) is 0 Å². The molecule has 1 aromatic heterocycles. The van der Waals surface area contributed by atoms with Crippen LogP contribution in [0.4, 0.5) is 6.01 Å². The summed E-state index contributed by atoms with van der Waals surface area (Å²) in [6.45, 7) is 0. The molecule has 2 aromatic carbocycles. The topological polar surface area (TPSA) is 121 Å². The highest BCUT2D eigenvalue weighted by Gasteiger charge is 2.17. The number of para-hydroxylation sites is 1. The third-order valence-electron chi connectivity index (χ3n) is 4.24. The van der Waals surface area contributed by atoms with Crippen LogP contribution in [0, 0.1) is 0 Å². The number of benzene rings is 2. The van der Waals surface area contributed by atoms with Crippen molar-refractivity contribution in [3.05, 3.63) is 48.5 Å². The van der Waals surface area contributed by atoms with Crippen LogP contribution in [-0.4, -0.2) is 44.5 Å². The van der Waals surface area contributed by atoms with E-state index in [-0.39, 0.29) is 35.4 Å². The zero-order chi connectivity index (χ0) is 21.6. The third-order valence-corrected chi connectivity index (χ3v) is 6.06. The van der Waals surface area contributed by atoms with Gasteiger partial charge in [-0.15, -0.1) is 5.10 Å². The molecule has 0 unspecified atom stereocenters. The molecule has 0 bridgehead atoms. The van der Waals surface area contributed by atoms with Gasteiger partial charge in [0.2, 0.25) is 5.91 Å². The Morgan fingerprint density at radius 3 is 2.47 bits per heavy atom. The highest BCUT2D eigenvalue weighted by Crippen LogP contribution is 2.29. The molecule has 0 saturated carbocycles. The van der Waals surface area contributed by atoms with Crippen LogP contribution in [-0.2, 0) is 14.6 Å². The first-order chi connectivity index (χ1) is 14.4. The van der Waals surface area contributed by atoms with Gasteiger partial charge >= 0.3 is 6.01 Å². The number of ether oxygens (including phenoxy) is 2. The molecule has 0 aliphatic carbocycles. The zero-order valence-corrected chi connectivity index (χ0v) is 17.3. The van der Waals surface area contributed by atoms with Crippen molar-refractivity contribution >= 4 is 21.8 Å². The van der Waals surface area contributed by atoms with Crippen molar-refractivity contribution in [3.8, 4) is 23.0 Å². The van der Waals surface area contributed by atoms with E-state index in [0.29, 0.717) is 17.1 Å². The number of carbonyl (C=O) groups excluding carboxylic acids is 1. The van der Waals surface area contributed by atoms with Crippen LogP contribution < -0.4 is 14.8 Å². The first kappa shape index (κ1) is 21.3. The molecule has 0 atom stereocenters. The summed E-state index contributed by atoms with van der Waals surface area (Å²) in [5, 5.41) is 10.2. The summed E-state index contributed by atoms with van der Waals surface area (Å²) in [5.74, 6) is 0.742. The molecule has 0 aliphatic heterocycles. The predicted octanol–water partition coefficient (Wildman–Crippen LogP) is 2.95. The van der Waals surface area contributed by atoms with Gasteiger partial charge in [-0.2, -0.15) is 0 Å². The second-order valence-corrected chi connectivity index (χ2v) is 8.37. The number of nitrogens with zero attached hydrogens (tertiary/aromatic N) is 2. The van der Waals surface area contributed by atoms with Gasteiger partial charge in [-0.1, -0.05) is 17.2 Å². The molecule has 30 heavy (non-hydrogen) atoms. The Kier molecular flexibility index (Phi) is 6.68. The fraction of sp³-hybridized carbons (Fsp3) is 0.250. The molecule has 1 amide bonds. The summed E-state index contributed by atoms with van der Waals surface area (Å²) in [7, 11) is -0.464. The van der Waals surface area contributed by atoms with Crippen molar-refractivity contribution < 1.29 is 27.1 Å². The second-order valence-electron chi connectivity index (χ2n) is 6.26. The zero-order valence-electron chi connectivity index (χ0n) is 16.5. The Hall–Kier alpha value is -3.40. The normalized spacial score (nSPS) is 11.1. The number of carbonyl (C=O) groups is 1.